The fraction of sp³-hybridized carbons (Fsp3) is 0.750. The molecule has 0 rings (SSSR count). The van der Waals surface area contributed by atoms with Crippen molar-refractivity contribution < 1.29 is 4.74 Å². The summed E-state index contributed by atoms with van der Waals surface area (Å²) in [7, 11) is 4.07. The van der Waals surface area contributed by atoms with Crippen LogP contribution in [-0.2, 0) is 4.74 Å². The van der Waals surface area contributed by atoms with E-state index < -0.39 is 0 Å². The van der Waals surface area contributed by atoms with E-state index in [0.29, 0.717) is 0 Å². The molecule has 0 saturated heterocycles. The van der Waals surface area contributed by atoms with E-state index in [9.17, 15) is 0 Å². The van der Waals surface area contributed by atoms with E-state index in [2.05, 4.69) is 4.90 Å². The van der Waals surface area contributed by atoms with Gasteiger partial charge in [0.25, 0.3) is 0 Å². The van der Waals surface area contributed by atoms with E-state index in [1.807, 2.05) is 34.0 Å². The second-order valence-corrected chi connectivity index (χ2v) is 2.55. The highest BCUT2D eigenvalue weighted by molar-refractivity contribution is 4.83. The first-order chi connectivity index (χ1) is 4.66. The monoisotopic (exact) mass is 143 g/mol. The maximum atomic E-state index is 5.32. The number of allylic oxidation sites excluding steroid dienone is 2. The molecule has 10 heavy (non-hydrogen) atoms. The molecule has 0 radical (unpaired) electrons. The highest BCUT2D eigenvalue weighted by Crippen LogP contribution is 1.93. The summed E-state index contributed by atoms with van der Waals surface area (Å²) in [5, 5.41) is 0. The van der Waals surface area contributed by atoms with Crippen molar-refractivity contribution in [2.75, 3.05) is 27.2 Å². The second-order valence-electron chi connectivity index (χ2n) is 2.55. The van der Waals surface area contributed by atoms with Gasteiger partial charge in [0.15, 0.2) is 0 Å². The molecule has 0 unspecified atom stereocenters. The summed E-state index contributed by atoms with van der Waals surface area (Å²) in [4.78, 5) is 2.10. The summed E-state index contributed by atoms with van der Waals surface area (Å²) < 4.78 is 5.32. The molecular formula is C8H17NO. The summed E-state index contributed by atoms with van der Waals surface area (Å²) in [6.45, 7) is 5.70. The van der Waals surface area contributed by atoms with Crippen LogP contribution in [0.3, 0.4) is 0 Å². The first-order valence-electron chi connectivity index (χ1n) is 3.57. The lowest BCUT2D eigenvalue weighted by atomic mass is 10.5. The Kier molecular flexibility index (Phi) is 5.03. The lowest BCUT2D eigenvalue weighted by molar-refractivity contribution is 0.184. The Labute approximate surface area is 63.5 Å². The molecule has 0 aromatic heterocycles. The normalized spacial score (nSPS) is 12.3. The number of hydrogen-bond donors (Lipinski definition) is 0. The van der Waals surface area contributed by atoms with Crippen LogP contribution in [0.2, 0.25) is 0 Å². The molecule has 0 aliphatic rings. The van der Waals surface area contributed by atoms with Gasteiger partial charge in [0.2, 0.25) is 0 Å². The van der Waals surface area contributed by atoms with Crippen molar-refractivity contribution in [3.63, 3.8) is 0 Å². The van der Waals surface area contributed by atoms with E-state index in [0.717, 1.165) is 18.9 Å². The van der Waals surface area contributed by atoms with Crippen molar-refractivity contribution in [3.8, 4) is 0 Å². The highest BCUT2D eigenvalue weighted by Gasteiger charge is 1.89. The minimum Gasteiger partial charge on any atom is -0.497 e. The summed E-state index contributed by atoms with van der Waals surface area (Å²) in [6.07, 6.45) is 1.97. The van der Waals surface area contributed by atoms with E-state index >= 15 is 0 Å². The first-order valence-corrected chi connectivity index (χ1v) is 3.57. The Morgan fingerprint density at radius 1 is 1.50 bits per heavy atom. The number of hydrogen-bond acceptors (Lipinski definition) is 2. The van der Waals surface area contributed by atoms with Crippen LogP contribution < -0.4 is 0 Å². The Bertz CT molecular complexity index is 108. The van der Waals surface area contributed by atoms with Crippen LogP contribution >= 0.6 is 0 Å². The number of rotatable bonds is 4. The molecule has 0 aliphatic carbocycles. The number of nitrogens with zero attached hydrogens (tertiary/aromatic N) is 1. The van der Waals surface area contributed by atoms with Crippen LogP contribution in [0.25, 0.3) is 0 Å². The minimum atomic E-state index is 0.781. The van der Waals surface area contributed by atoms with Crippen molar-refractivity contribution >= 4 is 0 Å². The molecule has 0 aromatic carbocycles. The predicted octanol–water partition coefficient (Wildman–Crippen LogP) is 1.49. The molecule has 2 nitrogen and oxygen atoms in total. The van der Waals surface area contributed by atoms with Crippen LogP contribution in [0.5, 0.6) is 0 Å². The van der Waals surface area contributed by atoms with Gasteiger partial charge in [0.1, 0.15) is 6.61 Å². The van der Waals surface area contributed by atoms with Crippen LogP contribution in [0, 0.1) is 0 Å². The molecule has 0 saturated carbocycles. The van der Waals surface area contributed by atoms with Crippen LogP contribution in [-0.4, -0.2) is 32.1 Å². The highest BCUT2D eigenvalue weighted by atomic mass is 16.5. The predicted molar refractivity (Wildman–Crippen MR) is 43.9 cm³/mol. The van der Waals surface area contributed by atoms with E-state index in [1.165, 1.54) is 0 Å². The maximum absolute atomic E-state index is 5.32. The molecule has 0 heterocycles. The van der Waals surface area contributed by atoms with Gasteiger partial charge in [0, 0.05) is 6.54 Å². The lowest BCUT2D eigenvalue weighted by Crippen LogP contribution is -2.17. The smallest absolute Gasteiger partial charge is 0.100 e. The van der Waals surface area contributed by atoms with Crippen molar-refractivity contribution in [2.45, 2.75) is 13.8 Å². The second kappa shape index (κ2) is 5.30. The fourth-order valence-electron chi connectivity index (χ4n) is 0.473. The van der Waals surface area contributed by atoms with Gasteiger partial charge in [-0.2, -0.15) is 0 Å². The maximum Gasteiger partial charge on any atom is 0.100 e. The fourth-order valence-corrected chi connectivity index (χ4v) is 0.473. The third kappa shape index (κ3) is 5.63. The topological polar surface area (TPSA) is 12.5 Å². The van der Waals surface area contributed by atoms with Crippen molar-refractivity contribution in [1.29, 1.82) is 0 Å². The quantitative estimate of drug-likeness (QED) is 0.553. The number of ether oxygens (including phenoxy) is 1. The van der Waals surface area contributed by atoms with E-state index in [-0.39, 0.29) is 0 Å². The Morgan fingerprint density at radius 3 is 2.50 bits per heavy atom. The Hall–Kier alpha value is -0.500. The molecule has 0 bridgehead atoms. The largest absolute Gasteiger partial charge is 0.497 e. The third-order valence-electron chi connectivity index (χ3n) is 1.27. The molecule has 2 heteroatoms. The molecule has 60 valence electrons. The van der Waals surface area contributed by atoms with Crippen LogP contribution in [0.1, 0.15) is 13.8 Å². The van der Waals surface area contributed by atoms with E-state index in [4.69, 9.17) is 4.74 Å². The average Bonchev–Trinajstić information content (AvgIpc) is 1.87. The summed E-state index contributed by atoms with van der Waals surface area (Å²) in [6, 6.07) is 0. The Balaban J connectivity index is 3.20. The van der Waals surface area contributed by atoms with Crippen LogP contribution in [0.15, 0.2) is 11.8 Å². The molecular weight excluding hydrogens is 126 g/mol. The zero-order valence-electron chi connectivity index (χ0n) is 7.35. The molecule has 0 N–H and O–H groups in total. The van der Waals surface area contributed by atoms with E-state index in [1.54, 1.807) is 0 Å². The Morgan fingerprint density at radius 2 is 2.10 bits per heavy atom. The van der Waals surface area contributed by atoms with Crippen LogP contribution in [0.4, 0.5) is 0 Å². The van der Waals surface area contributed by atoms with Gasteiger partial charge in [-0.1, -0.05) is 6.08 Å². The third-order valence-corrected chi connectivity index (χ3v) is 1.27. The number of likely N-dealkylation sites (N-methyl/N-ethyl adjacent to an activating group) is 1. The zero-order valence-corrected chi connectivity index (χ0v) is 7.35. The minimum absolute atomic E-state index is 0.781. The van der Waals surface area contributed by atoms with Gasteiger partial charge >= 0.3 is 0 Å². The molecule has 0 fully saturated rings. The molecule has 0 atom stereocenters. The SMILES string of the molecule is C/C=C(\C)OCCN(C)C. The lowest BCUT2D eigenvalue weighted by Gasteiger charge is -2.10. The molecule has 0 aliphatic heterocycles. The summed E-state index contributed by atoms with van der Waals surface area (Å²) in [5.41, 5.74) is 0. The molecule has 0 aromatic rings. The van der Waals surface area contributed by atoms with Gasteiger partial charge in [-0.3, -0.25) is 0 Å². The summed E-state index contributed by atoms with van der Waals surface area (Å²) >= 11 is 0. The summed E-state index contributed by atoms with van der Waals surface area (Å²) in [5.74, 6) is 1.00. The first kappa shape index (κ1) is 9.50. The van der Waals surface area contributed by atoms with Crippen molar-refractivity contribution in [2.24, 2.45) is 0 Å². The van der Waals surface area contributed by atoms with Gasteiger partial charge in [-0.25, -0.2) is 0 Å². The van der Waals surface area contributed by atoms with Crippen molar-refractivity contribution in [3.05, 3.63) is 11.8 Å². The van der Waals surface area contributed by atoms with Gasteiger partial charge in [-0.15, -0.1) is 0 Å². The molecule has 0 amide bonds. The molecule has 0 spiro atoms. The zero-order chi connectivity index (χ0) is 7.98. The van der Waals surface area contributed by atoms with Gasteiger partial charge in [0.05, 0.1) is 5.76 Å². The standard InChI is InChI=1S/C8H17NO/c1-5-8(2)10-7-6-9(3)4/h5H,6-7H2,1-4H3/b8-5+. The van der Waals surface area contributed by atoms with Gasteiger partial charge < -0.3 is 9.64 Å². The van der Waals surface area contributed by atoms with Gasteiger partial charge in [-0.05, 0) is 27.9 Å². The van der Waals surface area contributed by atoms with Crippen molar-refractivity contribution in [1.82, 2.24) is 4.90 Å². The average molecular weight is 143 g/mol.